The van der Waals surface area contributed by atoms with Gasteiger partial charge in [-0.2, -0.15) is 8.42 Å². The van der Waals surface area contributed by atoms with E-state index in [9.17, 15) is 18.3 Å². The average Bonchev–Trinajstić information content (AvgIpc) is 2.85. The number of esters is 1. The molecule has 1 aliphatic carbocycles. The second-order valence-corrected chi connectivity index (χ2v) is 7.96. The third kappa shape index (κ3) is 3.91. The van der Waals surface area contributed by atoms with E-state index in [1.165, 1.54) is 0 Å². The van der Waals surface area contributed by atoms with E-state index in [1.807, 2.05) is 13.8 Å². The monoisotopic (exact) mass is 366 g/mol. The Balaban J connectivity index is 2.31. The maximum atomic E-state index is 12.1. The Morgan fingerprint density at radius 3 is 2.33 bits per heavy atom. The van der Waals surface area contributed by atoms with Crippen LogP contribution in [0.1, 0.15) is 46.5 Å². The van der Waals surface area contributed by atoms with Crippen LogP contribution < -0.4 is 0 Å². The molecule has 4 atom stereocenters. The number of carbonyl (C=O) groups excluding carboxylic acids is 1. The normalized spacial score (nSPS) is 35.5. The van der Waals surface area contributed by atoms with E-state index in [0.717, 1.165) is 6.26 Å². The topological polar surface area (TPSA) is 108 Å². The minimum atomic E-state index is -3.80. The van der Waals surface area contributed by atoms with Crippen LogP contribution in [0.25, 0.3) is 0 Å². The fourth-order valence-electron chi connectivity index (χ4n) is 3.36. The van der Waals surface area contributed by atoms with E-state index >= 15 is 0 Å². The van der Waals surface area contributed by atoms with Gasteiger partial charge in [0.05, 0.1) is 19.0 Å². The van der Waals surface area contributed by atoms with Gasteiger partial charge in [-0.05, 0) is 19.8 Å². The zero-order valence-electron chi connectivity index (χ0n) is 14.5. The quantitative estimate of drug-likeness (QED) is 0.541. The maximum absolute atomic E-state index is 12.1. The summed E-state index contributed by atoms with van der Waals surface area (Å²) < 4.78 is 45.1. The van der Waals surface area contributed by atoms with Gasteiger partial charge in [0, 0.05) is 12.8 Å². The molecular weight excluding hydrogens is 340 g/mol. The van der Waals surface area contributed by atoms with Crippen LogP contribution in [0, 0.1) is 0 Å². The molecule has 2 aliphatic rings. The Labute approximate surface area is 142 Å². The lowest BCUT2D eigenvalue weighted by atomic mass is 9.80. The molecule has 8 nitrogen and oxygen atoms in total. The lowest BCUT2D eigenvalue weighted by Gasteiger charge is -2.39. The van der Waals surface area contributed by atoms with Crippen LogP contribution in [-0.2, 0) is 33.3 Å². The molecule has 1 heterocycles. The number of rotatable bonds is 6. The SMILES string of the molecule is CCOC(=O)C1(O)CC2OC(CC)(CC)OC2C(OS(C)(=O)=O)C1. The van der Waals surface area contributed by atoms with Crippen LogP contribution in [-0.4, -0.2) is 62.1 Å². The molecule has 4 unspecified atom stereocenters. The molecule has 0 aromatic carbocycles. The van der Waals surface area contributed by atoms with E-state index in [0.29, 0.717) is 12.8 Å². The van der Waals surface area contributed by atoms with E-state index in [-0.39, 0.29) is 19.4 Å². The van der Waals surface area contributed by atoms with Crippen LogP contribution in [0.4, 0.5) is 0 Å². The summed E-state index contributed by atoms with van der Waals surface area (Å²) in [6.07, 6.45) is -0.570. The van der Waals surface area contributed by atoms with Crippen LogP contribution >= 0.6 is 0 Å². The third-order valence-electron chi connectivity index (χ3n) is 4.56. The van der Waals surface area contributed by atoms with Gasteiger partial charge in [-0.1, -0.05) is 13.8 Å². The summed E-state index contributed by atoms with van der Waals surface area (Å²) in [6.45, 7) is 5.53. The van der Waals surface area contributed by atoms with Crippen molar-refractivity contribution in [1.29, 1.82) is 0 Å². The number of aliphatic hydroxyl groups is 1. The summed E-state index contributed by atoms with van der Waals surface area (Å²) in [6, 6.07) is 0. The van der Waals surface area contributed by atoms with Gasteiger partial charge in [0.2, 0.25) is 0 Å². The van der Waals surface area contributed by atoms with Crippen LogP contribution in [0.5, 0.6) is 0 Å². The summed E-state index contributed by atoms with van der Waals surface area (Å²) >= 11 is 0. The van der Waals surface area contributed by atoms with E-state index in [4.69, 9.17) is 18.4 Å². The standard InChI is InChI=1S/C15H26O8S/c1-5-15(6-2)21-10-8-14(17,13(16)20-7-3)9-11(12(10)22-15)23-24(4,18)19/h10-12,17H,5-9H2,1-4H3. The molecule has 2 rings (SSSR count). The van der Waals surface area contributed by atoms with E-state index in [2.05, 4.69) is 0 Å². The fourth-order valence-corrected chi connectivity index (χ4v) is 3.99. The predicted molar refractivity (Wildman–Crippen MR) is 83.6 cm³/mol. The van der Waals surface area contributed by atoms with Crippen LogP contribution in [0.15, 0.2) is 0 Å². The summed E-state index contributed by atoms with van der Waals surface area (Å²) in [7, 11) is -3.80. The molecule has 0 aromatic rings. The van der Waals surface area contributed by atoms with Crippen molar-refractivity contribution < 1.29 is 36.7 Å². The van der Waals surface area contributed by atoms with Crippen molar-refractivity contribution in [1.82, 2.24) is 0 Å². The Morgan fingerprint density at radius 2 is 1.83 bits per heavy atom. The molecule has 140 valence electrons. The Hall–Kier alpha value is -0.740. The zero-order valence-corrected chi connectivity index (χ0v) is 15.3. The summed E-state index contributed by atoms with van der Waals surface area (Å²) in [5.41, 5.74) is -1.87. The second kappa shape index (κ2) is 6.87. The highest BCUT2D eigenvalue weighted by Crippen LogP contribution is 2.45. The third-order valence-corrected chi connectivity index (χ3v) is 5.16. The molecule has 1 saturated heterocycles. The van der Waals surface area contributed by atoms with Crippen LogP contribution in [0.3, 0.4) is 0 Å². The highest BCUT2D eigenvalue weighted by Gasteiger charge is 2.59. The Morgan fingerprint density at radius 1 is 1.21 bits per heavy atom. The van der Waals surface area contributed by atoms with Crippen molar-refractivity contribution in [2.24, 2.45) is 0 Å². The smallest absolute Gasteiger partial charge is 0.338 e. The largest absolute Gasteiger partial charge is 0.464 e. The van der Waals surface area contributed by atoms with Gasteiger partial charge in [-0.25, -0.2) is 4.79 Å². The molecule has 9 heteroatoms. The first kappa shape index (κ1) is 19.6. The molecule has 1 saturated carbocycles. The zero-order chi connectivity index (χ0) is 18.2. The number of ether oxygens (including phenoxy) is 3. The number of fused-ring (bicyclic) bond motifs is 1. The summed E-state index contributed by atoms with van der Waals surface area (Å²) in [4.78, 5) is 12.1. The molecule has 0 aromatic heterocycles. The minimum Gasteiger partial charge on any atom is -0.464 e. The maximum Gasteiger partial charge on any atom is 0.338 e. The molecule has 1 N–H and O–H groups in total. The van der Waals surface area contributed by atoms with Gasteiger partial charge >= 0.3 is 5.97 Å². The molecule has 1 aliphatic heterocycles. The lowest BCUT2D eigenvalue weighted by Crippen LogP contribution is -2.56. The predicted octanol–water partition coefficient (Wildman–Crippen LogP) is 0.719. The second-order valence-electron chi connectivity index (χ2n) is 6.36. The van der Waals surface area contributed by atoms with Gasteiger partial charge in [0.25, 0.3) is 10.1 Å². The van der Waals surface area contributed by atoms with Crippen molar-refractivity contribution in [3.63, 3.8) is 0 Å². The van der Waals surface area contributed by atoms with Crippen molar-refractivity contribution in [2.75, 3.05) is 12.9 Å². The first-order valence-electron chi connectivity index (χ1n) is 8.21. The van der Waals surface area contributed by atoms with Crippen molar-refractivity contribution in [2.45, 2.75) is 76.2 Å². The molecule has 2 fully saturated rings. The van der Waals surface area contributed by atoms with Gasteiger partial charge in [-0.15, -0.1) is 0 Å². The van der Waals surface area contributed by atoms with Gasteiger partial charge in [-0.3, -0.25) is 4.18 Å². The molecular formula is C15H26O8S. The van der Waals surface area contributed by atoms with E-state index in [1.54, 1.807) is 6.92 Å². The van der Waals surface area contributed by atoms with E-state index < -0.39 is 45.8 Å². The number of hydrogen-bond donors (Lipinski definition) is 1. The number of carbonyl (C=O) groups is 1. The van der Waals surface area contributed by atoms with Gasteiger partial charge in [0.1, 0.15) is 12.2 Å². The Bertz CT molecular complexity index is 570. The minimum absolute atomic E-state index is 0.0259. The molecule has 0 amide bonds. The molecule has 24 heavy (non-hydrogen) atoms. The lowest BCUT2D eigenvalue weighted by molar-refractivity contribution is -0.183. The highest BCUT2D eigenvalue weighted by atomic mass is 32.2. The Kier molecular flexibility index (Phi) is 5.61. The van der Waals surface area contributed by atoms with Crippen molar-refractivity contribution in [3.8, 4) is 0 Å². The number of hydrogen-bond acceptors (Lipinski definition) is 8. The summed E-state index contributed by atoms with van der Waals surface area (Å²) in [5, 5.41) is 10.7. The van der Waals surface area contributed by atoms with Gasteiger partial charge in [0.15, 0.2) is 11.4 Å². The first-order chi connectivity index (χ1) is 11.1. The molecule has 0 spiro atoms. The van der Waals surface area contributed by atoms with Crippen molar-refractivity contribution in [3.05, 3.63) is 0 Å². The molecule has 0 bridgehead atoms. The first-order valence-corrected chi connectivity index (χ1v) is 10.0. The fraction of sp³-hybridized carbons (Fsp3) is 0.933. The summed E-state index contributed by atoms with van der Waals surface area (Å²) in [5.74, 6) is -1.67. The van der Waals surface area contributed by atoms with Crippen LogP contribution in [0.2, 0.25) is 0 Å². The average molecular weight is 366 g/mol. The van der Waals surface area contributed by atoms with Crippen molar-refractivity contribution >= 4 is 16.1 Å². The molecule has 0 radical (unpaired) electrons. The highest BCUT2D eigenvalue weighted by molar-refractivity contribution is 7.86. The van der Waals surface area contributed by atoms with Gasteiger partial charge < -0.3 is 19.3 Å².